The van der Waals surface area contributed by atoms with Crippen molar-refractivity contribution in [2.45, 2.75) is 17.1 Å². The van der Waals surface area contributed by atoms with E-state index < -0.39 is 10.0 Å². The second-order valence-corrected chi connectivity index (χ2v) is 7.70. The summed E-state index contributed by atoms with van der Waals surface area (Å²) in [5.41, 5.74) is 3.17. The molecule has 1 atom stereocenters. The Labute approximate surface area is 112 Å². The van der Waals surface area contributed by atoms with Crippen LogP contribution in [0.4, 0.5) is 5.69 Å². The average Bonchev–Trinajstić information content (AvgIpc) is 2.39. The highest BCUT2D eigenvalue weighted by Crippen LogP contribution is 2.24. The molecule has 0 saturated carbocycles. The molecule has 0 bridgehead atoms. The van der Waals surface area contributed by atoms with Crippen LogP contribution in [0.1, 0.15) is 6.92 Å². The molecule has 1 heterocycles. The summed E-state index contributed by atoms with van der Waals surface area (Å²) in [5, 5.41) is 0.346. The molecule has 18 heavy (non-hydrogen) atoms. The molecular formula is C11H17N3O2S2. The van der Waals surface area contributed by atoms with Crippen LogP contribution < -0.4 is 11.3 Å². The molecule has 0 spiro atoms. The lowest BCUT2D eigenvalue weighted by Crippen LogP contribution is -2.40. The zero-order valence-corrected chi connectivity index (χ0v) is 11.8. The van der Waals surface area contributed by atoms with E-state index in [9.17, 15) is 8.42 Å². The topological polar surface area (TPSA) is 75.4 Å². The van der Waals surface area contributed by atoms with Crippen LogP contribution in [0.15, 0.2) is 29.2 Å². The van der Waals surface area contributed by atoms with E-state index in [0.29, 0.717) is 28.9 Å². The van der Waals surface area contributed by atoms with Crippen molar-refractivity contribution in [3.63, 3.8) is 0 Å². The maximum absolute atomic E-state index is 12.4. The monoisotopic (exact) mass is 287 g/mol. The Morgan fingerprint density at radius 3 is 2.61 bits per heavy atom. The van der Waals surface area contributed by atoms with Gasteiger partial charge >= 0.3 is 0 Å². The number of rotatable bonds is 3. The van der Waals surface area contributed by atoms with Crippen LogP contribution in [0.25, 0.3) is 0 Å². The molecule has 7 heteroatoms. The van der Waals surface area contributed by atoms with Crippen molar-refractivity contribution in [1.29, 1.82) is 0 Å². The number of nitrogens with one attached hydrogen (secondary N) is 1. The molecule has 1 aromatic rings. The van der Waals surface area contributed by atoms with Gasteiger partial charge in [0, 0.05) is 29.8 Å². The van der Waals surface area contributed by atoms with E-state index in [2.05, 4.69) is 5.43 Å². The zero-order valence-electron chi connectivity index (χ0n) is 10.2. The maximum atomic E-state index is 12.4. The lowest BCUT2D eigenvalue weighted by molar-refractivity contribution is 0.424. The molecule has 1 unspecified atom stereocenters. The van der Waals surface area contributed by atoms with E-state index in [-0.39, 0.29) is 0 Å². The summed E-state index contributed by atoms with van der Waals surface area (Å²) in [6.45, 7) is 3.20. The first-order chi connectivity index (χ1) is 8.54. The summed E-state index contributed by atoms with van der Waals surface area (Å²) in [6.07, 6.45) is 0. The van der Waals surface area contributed by atoms with Crippen molar-refractivity contribution in [2.24, 2.45) is 5.84 Å². The van der Waals surface area contributed by atoms with Gasteiger partial charge in [0.2, 0.25) is 10.0 Å². The molecule has 2 rings (SSSR count). The van der Waals surface area contributed by atoms with Crippen LogP contribution in [0.2, 0.25) is 0 Å². The summed E-state index contributed by atoms with van der Waals surface area (Å²) >= 11 is 1.81. The predicted molar refractivity (Wildman–Crippen MR) is 74.9 cm³/mol. The number of benzene rings is 1. The number of sulfonamides is 1. The lowest BCUT2D eigenvalue weighted by Gasteiger charge is -2.29. The van der Waals surface area contributed by atoms with Gasteiger partial charge in [0.05, 0.1) is 4.90 Å². The van der Waals surface area contributed by atoms with Gasteiger partial charge in [-0.1, -0.05) is 6.92 Å². The molecule has 1 aromatic carbocycles. The quantitative estimate of drug-likeness (QED) is 0.643. The number of nitrogens with zero attached hydrogens (tertiary/aromatic N) is 1. The minimum absolute atomic E-state index is 0.320. The maximum Gasteiger partial charge on any atom is 0.243 e. The third kappa shape index (κ3) is 2.80. The van der Waals surface area contributed by atoms with E-state index in [1.807, 2.05) is 6.92 Å². The fourth-order valence-electron chi connectivity index (χ4n) is 1.88. The molecule has 0 aromatic heterocycles. The van der Waals surface area contributed by atoms with Gasteiger partial charge in [-0.3, -0.25) is 5.84 Å². The Kier molecular flexibility index (Phi) is 4.16. The van der Waals surface area contributed by atoms with Gasteiger partial charge in [-0.25, -0.2) is 8.42 Å². The molecule has 0 amide bonds. The van der Waals surface area contributed by atoms with Crippen molar-refractivity contribution in [2.75, 3.05) is 24.3 Å². The van der Waals surface area contributed by atoms with E-state index in [0.717, 1.165) is 5.75 Å². The van der Waals surface area contributed by atoms with Crippen molar-refractivity contribution in [3.8, 4) is 0 Å². The second kappa shape index (κ2) is 5.48. The summed E-state index contributed by atoms with van der Waals surface area (Å²) in [6, 6.07) is 6.48. The lowest BCUT2D eigenvalue weighted by atomic mass is 10.3. The van der Waals surface area contributed by atoms with Gasteiger partial charge in [-0.15, -0.1) is 0 Å². The van der Waals surface area contributed by atoms with E-state index >= 15 is 0 Å². The van der Waals surface area contributed by atoms with Crippen molar-refractivity contribution in [3.05, 3.63) is 24.3 Å². The fourth-order valence-corrected chi connectivity index (χ4v) is 4.63. The minimum Gasteiger partial charge on any atom is -0.324 e. The first-order valence-electron chi connectivity index (χ1n) is 5.72. The molecule has 1 aliphatic rings. The molecule has 5 nitrogen and oxygen atoms in total. The summed E-state index contributed by atoms with van der Waals surface area (Å²) < 4.78 is 26.3. The highest BCUT2D eigenvalue weighted by atomic mass is 32.2. The first-order valence-corrected chi connectivity index (χ1v) is 8.21. The van der Waals surface area contributed by atoms with Crippen LogP contribution in [0.5, 0.6) is 0 Å². The predicted octanol–water partition coefficient (Wildman–Crippen LogP) is 1.10. The van der Waals surface area contributed by atoms with Gasteiger partial charge in [0.25, 0.3) is 0 Å². The SMILES string of the molecule is CC1CN(S(=O)(=O)c2ccc(NN)cc2)CCS1. The number of nitrogen functional groups attached to an aromatic ring is 1. The molecule has 0 radical (unpaired) electrons. The normalized spacial score (nSPS) is 21.8. The summed E-state index contributed by atoms with van der Waals surface area (Å²) in [7, 11) is -3.37. The average molecular weight is 287 g/mol. The first kappa shape index (κ1) is 13.7. The largest absolute Gasteiger partial charge is 0.324 e. The molecule has 1 fully saturated rings. The Morgan fingerprint density at radius 2 is 2.06 bits per heavy atom. The zero-order chi connectivity index (χ0) is 13.2. The number of anilines is 1. The molecule has 1 aliphatic heterocycles. The third-order valence-electron chi connectivity index (χ3n) is 2.86. The van der Waals surface area contributed by atoms with Gasteiger partial charge in [0.1, 0.15) is 0 Å². The summed E-state index contributed by atoms with van der Waals surface area (Å²) in [5.74, 6) is 6.11. The Morgan fingerprint density at radius 1 is 1.39 bits per heavy atom. The van der Waals surface area contributed by atoms with Crippen LogP contribution in [0, 0.1) is 0 Å². The molecule has 3 N–H and O–H groups in total. The Hall–Kier alpha value is -0.760. The second-order valence-electron chi connectivity index (χ2n) is 4.21. The van der Waals surface area contributed by atoms with Gasteiger partial charge in [0.15, 0.2) is 0 Å². The van der Waals surface area contributed by atoms with Crippen molar-refractivity contribution in [1.82, 2.24) is 4.31 Å². The van der Waals surface area contributed by atoms with E-state index in [1.165, 1.54) is 0 Å². The van der Waals surface area contributed by atoms with Crippen molar-refractivity contribution < 1.29 is 8.42 Å². The number of nitrogens with two attached hydrogens (primary N) is 1. The molecule has 1 saturated heterocycles. The molecule has 0 aliphatic carbocycles. The van der Waals surface area contributed by atoms with E-state index in [1.54, 1.807) is 40.3 Å². The van der Waals surface area contributed by atoms with Crippen LogP contribution in [-0.4, -0.2) is 36.8 Å². The third-order valence-corrected chi connectivity index (χ3v) is 5.88. The number of hydrogen-bond acceptors (Lipinski definition) is 5. The van der Waals surface area contributed by atoms with Gasteiger partial charge < -0.3 is 5.43 Å². The standard InChI is InChI=1S/C11H17N3O2S2/c1-9-8-14(6-7-17-9)18(15,16)11-4-2-10(13-12)3-5-11/h2-5,9,13H,6-8,12H2,1H3. The van der Waals surface area contributed by atoms with Crippen LogP contribution >= 0.6 is 11.8 Å². The number of thioether (sulfide) groups is 1. The van der Waals surface area contributed by atoms with Crippen LogP contribution in [0.3, 0.4) is 0 Å². The molecule has 100 valence electrons. The fraction of sp³-hybridized carbons (Fsp3) is 0.455. The number of hydrogen-bond donors (Lipinski definition) is 2. The Bertz CT molecular complexity index is 502. The van der Waals surface area contributed by atoms with Gasteiger partial charge in [-0.2, -0.15) is 16.1 Å². The molecular weight excluding hydrogens is 270 g/mol. The Balaban J connectivity index is 2.23. The van der Waals surface area contributed by atoms with Crippen LogP contribution in [-0.2, 0) is 10.0 Å². The minimum atomic E-state index is -3.37. The highest BCUT2D eigenvalue weighted by Gasteiger charge is 2.28. The number of hydrazine groups is 1. The smallest absolute Gasteiger partial charge is 0.243 e. The van der Waals surface area contributed by atoms with Gasteiger partial charge in [-0.05, 0) is 24.3 Å². The summed E-state index contributed by atoms with van der Waals surface area (Å²) in [4.78, 5) is 0.320. The highest BCUT2D eigenvalue weighted by molar-refractivity contribution is 8.00. The van der Waals surface area contributed by atoms with Crippen molar-refractivity contribution >= 4 is 27.5 Å². The van der Waals surface area contributed by atoms with E-state index in [4.69, 9.17) is 5.84 Å².